The third-order valence-electron chi connectivity index (χ3n) is 9.79. The number of nitrogens with one attached hydrogen (secondary N) is 4. The second-order valence-corrected chi connectivity index (χ2v) is 15.2. The minimum absolute atomic E-state index is 0.0263. The third-order valence-corrected chi connectivity index (χ3v) is 9.79. The summed E-state index contributed by atoms with van der Waals surface area (Å²) >= 11 is 0. The Labute approximate surface area is 373 Å². The van der Waals surface area contributed by atoms with E-state index in [9.17, 15) is 68.7 Å². The van der Waals surface area contributed by atoms with E-state index in [4.69, 9.17) is 15.3 Å². The first-order valence-corrected chi connectivity index (χ1v) is 20.7. The number of aromatic hydroxyl groups is 2. The van der Waals surface area contributed by atoms with Crippen molar-refractivity contribution in [3.8, 4) is 11.5 Å². The molecule has 23 nitrogen and oxygen atoms in total. The van der Waals surface area contributed by atoms with Gasteiger partial charge in [-0.2, -0.15) is 0 Å². The largest absolute Gasteiger partial charge is 0.508 e. The van der Waals surface area contributed by atoms with Crippen molar-refractivity contribution in [1.82, 2.24) is 31.1 Å². The molecule has 1 unspecified atom stereocenters. The highest BCUT2D eigenvalue weighted by atomic mass is 16.4. The topological polar surface area (TPSA) is 370 Å². The first-order valence-electron chi connectivity index (χ1n) is 20.7. The van der Waals surface area contributed by atoms with Gasteiger partial charge in [0.25, 0.3) is 0 Å². The number of carboxylic acids is 6. The van der Waals surface area contributed by atoms with Gasteiger partial charge >= 0.3 is 41.8 Å². The van der Waals surface area contributed by atoms with E-state index >= 15 is 0 Å². The summed E-state index contributed by atoms with van der Waals surface area (Å²) in [5, 5.41) is 86.2. The molecule has 65 heavy (non-hydrogen) atoms. The molecule has 0 spiro atoms. The number of urea groups is 1. The standard InChI is InChI=1S/C42H58N6O17/c49-32-11-6-26(20-28(32)22-47(24-38(57)58)18-19-48(25-39(59)60)23-29-21-27(7-12-33(29)50)9-14-36(53)54)8-13-35(52)44-17-3-5-34(51)43-16-2-1-4-30(40(61)62)45-42(65)46-31(41(63)64)10-15-37(55)56/h6-7,11-12,20-21,30-31,49-50H,1-5,8-10,13-19,22-25H2,(H,43,51)(H,44,52)(H,53,54)(H,55,56)(H,57,58)(H,59,60)(H,61,62)(H,63,64)(H2,45,46,65)/t30?,31-/m0/s1. The average Bonchev–Trinajstić information content (AvgIpc) is 3.22. The number of benzene rings is 2. The Morgan fingerprint density at radius 1 is 0.508 bits per heavy atom. The van der Waals surface area contributed by atoms with Gasteiger partial charge in [0.05, 0.1) is 13.1 Å². The predicted octanol–water partition coefficient (Wildman–Crippen LogP) is 0.774. The molecule has 0 aliphatic rings. The Morgan fingerprint density at radius 2 is 0.954 bits per heavy atom. The van der Waals surface area contributed by atoms with Crippen LogP contribution in [0.1, 0.15) is 80.0 Å². The lowest BCUT2D eigenvalue weighted by Crippen LogP contribution is -2.51. The number of unbranched alkanes of at least 4 members (excludes halogenated alkanes) is 1. The molecule has 0 bridgehead atoms. The van der Waals surface area contributed by atoms with Crippen LogP contribution in [0.15, 0.2) is 36.4 Å². The van der Waals surface area contributed by atoms with Gasteiger partial charge in [-0.25, -0.2) is 14.4 Å². The lowest BCUT2D eigenvalue weighted by molar-refractivity contribution is -0.141. The average molecular weight is 919 g/mol. The van der Waals surface area contributed by atoms with Gasteiger partial charge in [0.1, 0.15) is 23.6 Å². The maximum atomic E-state index is 12.6. The normalized spacial score (nSPS) is 11.9. The van der Waals surface area contributed by atoms with E-state index in [1.54, 1.807) is 24.3 Å². The highest BCUT2D eigenvalue weighted by Crippen LogP contribution is 2.23. The Balaban J connectivity index is 1.80. The molecule has 0 saturated carbocycles. The number of aryl methyl sites for hydroxylation is 2. The molecule has 0 aromatic heterocycles. The molecule has 4 amide bonds. The van der Waals surface area contributed by atoms with Gasteiger partial charge in [-0.1, -0.05) is 24.3 Å². The summed E-state index contributed by atoms with van der Waals surface area (Å²) in [7, 11) is 0. The fraction of sp³-hybridized carbons (Fsp3) is 0.500. The van der Waals surface area contributed by atoms with Crippen LogP contribution < -0.4 is 21.3 Å². The van der Waals surface area contributed by atoms with E-state index in [1.807, 2.05) is 5.32 Å². The van der Waals surface area contributed by atoms with Crippen LogP contribution in [0.2, 0.25) is 0 Å². The maximum Gasteiger partial charge on any atom is 0.326 e. The predicted molar refractivity (Wildman–Crippen MR) is 227 cm³/mol. The summed E-state index contributed by atoms with van der Waals surface area (Å²) in [6, 6.07) is 5.25. The number of nitrogens with zero attached hydrogens (tertiary/aromatic N) is 2. The zero-order chi connectivity index (χ0) is 48.5. The van der Waals surface area contributed by atoms with Crippen LogP contribution in [-0.4, -0.2) is 156 Å². The van der Waals surface area contributed by atoms with Gasteiger partial charge in [-0.3, -0.25) is 38.6 Å². The van der Waals surface area contributed by atoms with E-state index in [0.29, 0.717) is 35.1 Å². The molecule has 0 heterocycles. The molecule has 2 rings (SSSR count). The SMILES string of the molecule is O=C(O)CCc1ccc(O)c(CN(CCN(CC(=O)O)Cc2cc(CCC(=O)NCCCC(=O)NCCCCC(NC(=O)N[C@@H](CCC(=O)O)C(=O)O)C(=O)O)ccc2O)CC(=O)O)c1. The van der Waals surface area contributed by atoms with Gasteiger partial charge in [0, 0.05) is 76.1 Å². The minimum atomic E-state index is -1.53. The second-order valence-electron chi connectivity index (χ2n) is 15.2. The minimum Gasteiger partial charge on any atom is -0.508 e. The molecule has 0 radical (unpaired) electrons. The van der Waals surface area contributed by atoms with Crippen molar-refractivity contribution in [2.45, 2.75) is 95.8 Å². The third kappa shape index (κ3) is 23.3. The van der Waals surface area contributed by atoms with Gasteiger partial charge in [0.2, 0.25) is 11.8 Å². The van der Waals surface area contributed by atoms with Gasteiger partial charge in [-0.05, 0) is 68.2 Å². The number of aliphatic carboxylic acids is 6. The van der Waals surface area contributed by atoms with E-state index < -0.39 is 79.9 Å². The summed E-state index contributed by atoms with van der Waals surface area (Å²) in [4.78, 5) is 108. The Bertz CT molecular complexity index is 1980. The molecule has 358 valence electrons. The van der Waals surface area contributed by atoms with E-state index in [0.717, 1.165) is 0 Å². The number of amides is 4. The Hall–Kier alpha value is -7.01. The molecule has 0 fully saturated rings. The number of carboxylic acid groups (broad SMARTS) is 6. The molecule has 12 N–H and O–H groups in total. The van der Waals surface area contributed by atoms with Crippen molar-refractivity contribution in [2.24, 2.45) is 0 Å². The van der Waals surface area contributed by atoms with Crippen LogP contribution >= 0.6 is 0 Å². The quantitative estimate of drug-likeness (QED) is 0.0440. The lowest BCUT2D eigenvalue weighted by atomic mass is 10.0. The van der Waals surface area contributed by atoms with Crippen molar-refractivity contribution in [3.05, 3.63) is 58.7 Å². The summed E-state index contributed by atoms with van der Waals surface area (Å²) in [6.45, 7) is -0.460. The van der Waals surface area contributed by atoms with Crippen LogP contribution in [0.25, 0.3) is 0 Å². The van der Waals surface area contributed by atoms with Crippen LogP contribution in [0.5, 0.6) is 11.5 Å². The molecule has 0 saturated heterocycles. The molecule has 23 heteroatoms. The van der Waals surface area contributed by atoms with Crippen LogP contribution in [0, 0.1) is 0 Å². The van der Waals surface area contributed by atoms with Crippen LogP contribution in [-0.2, 0) is 64.3 Å². The number of rotatable bonds is 33. The zero-order valence-corrected chi connectivity index (χ0v) is 35.7. The second kappa shape index (κ2) is 28.6. The van der Waals surface area contributed by atoms with Crippen molar-refractivity contribution in [2.75, 3.05) is 39.3 Å². The lowest BCUT2D eigenvalue weighted by Gasteiger charge is -2.26. The highest BCUT2D eigenvalue weighted by molar-refractivity contribution is 5.86. The van der Waals surface area contributed by atoms with Crippen molar-refractivity contribution in [3.63, 3.8) is 0 Å². The molecule has 2 atom stereocenters. The number of phenols is 2. The Morgan fingerprint density at radius 3 is 1.42 bits per heavy atom. The van der Waals surface area contributed by atoms with E-state index in [-0.39, 0.29) is 108 Å². The van der Waals surface area contributed by atoms with Crippen molar-refractivity contribution >= 4 is 53.7 Å². The first-order chi connectivity index (χ1) is 30.7. The summed E-state index contributed by atoms with van der Waals surface area (Å²) < 4.78 is 0. The first kappa shape index (κ1) is 54.1. The van der Waals surface area contributed by atoms with Gasteiger partial charge in [-0.15, -0.1) is 0 Å². The Kier molecular flexibility index (Phi) is 23.8. The van der Waals surface area contributed by atoms with Crippen LogP contribution in [0.4, 0.5) is 4.79 Å². The fourth-order valence-electron chi connectivity index (χ4n) is 6.42. The van der Waals surface area contributed by atoms with E-state index in [2.05, 4.69) is 16.0 Å². The highest BCUT2D eigenvalue weighted by Gasteiger charge is 2.25. The summed E-state index contributed by atoms with van der Waals surface area (Å²) in [5.74, 6) is -8.30. The van der Waals surface area contributed by atoms with Crippen LogP contribution in [0.3, 0.4) is 0 Å². The fourth-order valence-corrected chi connectivity index (χ4v) is 6.42. The van der Waals surface area contributed by atoms with Gasteiger partial charge in [0.15, 0.2) is 0 Å². The molecular formula is C42H58N6O17. The number of hydrogen-bond acceptors (Lipinski definition) is 13. The molecule has 0 aliphatic heterocycles. The molecular weight excluding hydrogens is 860 g/mol. The smallest absolute Gasteiger partial charge is 0.326 e. The monoisotopic (exact) mass is 918 g/mol. The summed E-state index contributed by atoms with van der Waals surface area (Å²) in [5.41, 5.74) is 2.04. The molecule has 0 aliphatic carbocycles. The molecule has 2 aromatic rings. The maximum absolute atomic E-state index is 12.6. The zero-order valence-electron chi connectivity index (χ0n) is 35.7. The number of phenolic OH excluding ortho intramolecular Hbond substituents is 2. The van der Waals surface area contributed by atoms with Crippen molar-refractivity contribution in [1.29, 1.82) is 0 Å². The number of carbonyl (C=O) groups excluding carboxylic acids is 3. The number of carbonyl (C=O) groups is 9. The summed E-state index contributed by atoms with van der Waals surface area (Å²) in [6.07, 6.45) is 0.450. The number of hydrogen-bond donors (Lipinski definition) is 12. The van der Waals surface area contributed by atoms with Crippen molar-refractivity contribution < 1.29 is 84.0 Å². The van der Waals surface area contributed by atoms with Gasteiger partial charge < -0.3 is 62.1 Å². The van der Waals surface area contributed by atoms with E-state index in [1.165, 1.54) is 21.9 Å². The molecule has 2 aromatic carbocycles.